The van der Waals surface area contributed by atoms with Crippen LogP contribution in [0.4, 0.5) is 0 Å². The second kappa shape index (κ2) is 15.1. The lowest BCUT2D eigenvalue weighted by atomic mass is 10.2. The van der Waals surface area contributed by atoms with Gasteiger partial charge >= 0.3 is 0 Å². The van der Waals surface area contributed by atoms with Crippen LogP contribution >= 0.6 is 11.8 Å². The molecule has 2 N–H and O–H groups in total. The number of nitrogens with zero attached hydrogens (tertiary/aromatic N) is 3. The van der Waals surface area contributed by atoms with Gasteiger partial charge in [-0.25, -0.2) is 0 Å². The number of rotatable bonds is 13. The molecule has 0 saturated carbocycles. The third-order valence-electron chi connectivity index (χ3n) is 4.08. The van der Waals surface area contributed by atoms with Crippen molar-refractivity contribution in [3.05, 3.63) is 59.9 Å². The molecule has 7 nitrogen and oxygen atoms in total. The summed E-state index contributed by atoms with van der Waals surface area (Å²) >= 11 is 1.75. The van der Waals surface area contributed by atoms with Gasteiger partial charge in [-0.3, -0.25) is 15.3 Å². The third-order valence-corrected chi connectivity index (χ3v) is 5.05. The Morgan fingerprint density at radius 1 is 1.17 bits per heavy atom. The van der Waals surface area contributed by atoms with E-state index >= 15 is 0 Å². The summed E-state index contributed by atoms with van der Waals surface area (Å²) < 4.78 is 11.6. The molecular weight excluding hydrogens is 398 g/mol. The van der Waals surface area contributed by atoms with E-state index in [9.17, 15) is 0 Å². The number of aliphatic imine (C=N–C) groups is 1. The average molecular weight is 428 g/mol. The van der Waals surface area contributed by atoms with Gasteiger partial charge in [0.1, 0.15) is 5.75 Å². The zero-order chi connectivity index (χ0) is 21.3. The number of unbranched alkanes of at least 4 members (excludes halogenated alkanes) is 1. The van der Waals surface area contributed by atoms with E-state index < -0.39 is 0 Å². The fraction of sp³-hybridized carbons (Fsp3) is 0.409. The third kappa shape index (κ3) is 9.63. The molecular formula is C22H29N5O2S. The van der Waals surface area contributed by atoms with Crippen LogP contribution in [0.5, 0.6) is 5.75 Å². The Morgan fingerprint density at radius 3 is 2.80 bits per heavy atom. The van der Waals surface area contributed by atoms with Gasteiger partial charge in [-0.15, -0.1) is 0 Å². The molecule has 1 aromatic carbocycles. The number of nitriles is 1. The minimum atomic E-state index is 0.479. The molecule has 160 valence electrons. The summed E-state index contributed by atoms with van der Waals surface area (Å²) in [6.45, 7) is 2.73. The first-order valence-electron chi connectivity index (χ1n) is 9.95. The van der Waals surface area contributed by atoms with Crippen molar-refractivity contribution in [2.24, 2.45) is 4.99 Å². The lowest BCUT2D eigenvalue weighted by molar-refractivity contribution is 0.113. The minimum absolute atomic E-state index is 0.479. The van der Waals surface area contributed by atoms with Gasteiger partial charge in [-0.2, -0.15) is 17.0 Å². The lowest BCUT2D eigenvalue weighted by Crippen LogP contribution is -2.35. The maximum Gasteiger partial charge on any atom is 0.204 e. The first-order valence-corrected chi connectivity index (χ1v) is 11.1. The molecule has 8 heteroatoms. The molecule has 0 fully saturated rings. The van der Waals surface area contributed by atoms with Crippen LogP contribution in [0, 0.1) is 11.5 Å². The summed E-state index contributed by atoms with van der Waals surface area (Å²) in [6, 6.07) is 14.1. The molecule has 0 atom stereocenters. The van der Waals surface area contributed by atoms with Crippen LogP contribution in [0.2, 0.25) is 0 Å². The first kappa shape index (κ1) is 23.5. The van der Waals surface area contributed by atoms with Gasteiger partial charge in [0.15, 0.2) is 6.19 Å². The summed E-state index contributed by atoms with van der Waals surface area (Å²) in [5.74, 6) is 2.95. The van der Waals surface area contributed by atoms with Crippen molar-refractivity contribution in [2.75, 3.05) is 32.6 Å². The molecule has 0 saturated heterocycles. The fourth-order valence-corrected chi connectivity index (χ4v) is 3.36. The number of nitrogens with one attached hydrogen (secondary N) is 2. The molecule has 0 amide bonds. The van der Waals surface area contributed by atoms with Crippen molar-refractivity contribution in [3.8, 4) is 11.9 Å². The molecule has 0 spiro atoms. The largest absolute Gasteiger partial charge is 0.492 e. The molecule has 0 unspecified atom stereocenters. The highest BCUT2D eigenvalue weighted by molar-refractivity contribution is 7.98. The Morgan fingerprint density at radius 2 is 2.00 bits per heavy atom. The molecule has 0 aliphatic rings. The van der Waals surface area contributed by atoms with Crippen LogP contribution in [0.3, 0.4) is 0 Å². The van der Waals surface area contributed by atoms with Crippen molar-refractivity contribution < 1.29 is 9.47 Å². The zero-order valence-corrected chi connectivity index (χ0v) is 18.2. The van der Waals surface area contributed by atoms with E-state index in [-0.39, 0.29) is 0 Å². The van der Waals surface area contributed by atoms with E-state index in [1.54, 1.807) is 25.0 Å². The molecule has 0 aliphatic heterocycles. The maximum absolute atomic E-state index is 8.61. The fourth-order valence-electron chi connectivity index (χ4n) is 2.56. The number of guanidine groups is 1. The molecule has 2 aromatic rings. The van der Waals surface area contributed by atoms with Gasteiger partial charge in [0, 0.05) is 37.9 Å². The van der Waals surface area contributed by atoms with Crippen molar-refractivity contribution in [1.82, 2.24) is 15.6 Å². The first-order chi connectivity index (χ1) is 14.8. The Kier molecular flexibility index (Phi) is 11.9. The Labute approximate surface area is 182 Å². The number of hydrogen-bond donors (Lipinski definition) is 2. The summed E-state index contributed by atoms with van der Waals surface area (Å²) in [5.41, 5.74) is 2.14. The highest BCUT2D eigenvalue weighted by atomic mass is 32.2. The number of pyridine rings is 1. The summed E-state index contributed by atoms with van der Waals surface area (Å²) in [6.07, 6.45) is 5.54. The smallest absolute Gasteiger partial charge is 0.204 e. The van der Waals surface area contributed by atoms with E-state index in [0.29, 0.717) is 25.7 Å². The van der Waals surface area contributed by atoms with Gasteiger partial charge < -0.3 is 14.8 Å². The molecule has 0 bridgehead atoms. The van der Waals surface area contributed by atoms with Crippen LogP contribution in [0.25, 0.3) is 0 Å². The minimum Gasteiger partial charge on any atom is -0.492 e. The highest BCUT2D eigenvalue weighted by Crippen LogP contribution is 2.21. The monoisotopic (exact) mass is 427 g/mol. The van der Waals surface area contributed by atoms with Crippen molar-refractivity contribution in [1.29, 1.82) is 5.26 Å². The summed E-state index contributed by atoms with van der Waals surface area (Å²) in [5, 5.41) is 14.2. The second-order valence-corrected chi connectivity index (χ2v) is 7.44. The predicted octanol–water partition coefficient (Wildman–Crippen LogP) is 3.34. The van der Waals surface area contributed by atoms with E-state index in [2.05, 4.69) is 32.7 Å². The topological polar surface area (TPSA) is 91.6 Å². The number of thioether (sulfide) groups is 1. The quantitative estimate of drug-likeness (QED) is 0.167. The number of benzene rings is 1. The van der Waals surface area contributed by atoms with Gasteiger partial charge in [-0.1, -0.05) is 30.3 Å². The van der Waals surface area contributed by atoms with Gasteiger partial charge in [-0.05, 0) is 30.5 Å². The molecule has 0 aliphatic carbocycles. The number of ether oxygens (including phenoxy) is 2. The Hall–Kier alpha value is -2.76. The maximum atomic E-state index is 8.61. The summed E-state index contributed by atoms with van der Waals surface area (Å²) in [4.78, 5) is 8.39. The van der Waals surface area contributed by atoms with Gasteiger partial charge in [0.25, 0.3) is 0 Å². The van der Waals surface area contributed by atoms with E-state index in [4.69, 9.17) is 14.7 Å². The Bertz CT molecular complexity index is 796. The normalized spacial score (nSPS) is 11.0. The van der Waals surface area contributed by atoms with Crippen LogP contribution in [0.1, 0.15) is 24.1 Å². The van der Waals surface area contributed by atoms with E-state index in [1.807, 2.05) is 36.5 Å². The van der Waals surface area contributed by atoms with Gasteiger partial charge in [0.05, 0.1) is 18.9 Å². The molecule has 0 radical (unpaired) electrons. The predicted molar refractivity (Wildman–Crippen MR) is 121 cm³/mol. The molecule has 1 aromatic heterocycles. The summed E-state index contributed by atoms with van der Waals surface area (Å²) in [7, 11) is 1.63. The van der Waals surface area contributed by atoms with Crippen LogP contribution in [0.15, 0.2) is 53.7 Å². The second-order valence-electron chi connectivity index (χ2n) is 6.33. The SMILES string of the molecule is CN=C(NC#N)NCCSCc1ncccc1OCCCCOCc1ccccc1. The van der Waals surface area contributed by atoms with Crippen molar-refractivity contribution in [2.45, 2.75) is 25.2 Å². The molecule has 2 rings (SSSR count). The molecule has 30 heavy (non-hydrogen) atoms. The average Bonchev–Trinajstić information content (AvgIpc) is 2.79. The van der Waals surface area contributed by atoms with Crippen LogP contribution in [-0.4, -0.2) is 43.5 Å². The molecule has 1 heterocycles. The van der Waals surface area contributed by atoms with Gasteiger partial charge in [0.2, 0.25) is 5.96 Å². The Balaban J connectivity index is 1.58. The van der Waals surface area contributed by atoms with Crippen LogP contribution in [-0.2, 0) is 17.1 Å². The zero-order valence-electron chi connectivity index (χ0n) is 17.3. The lowest BCUT2D eigenvalue weighted by Gasteiger charge is -2.11. The van der Waals surface area contributed by atoms with Crippen molar-refractivity contribution in [3.63, 3.8) is 0 Å². The number of hydrogen-bond acceptors (Lipinski definition) is 6. The van der Waals surface area contributed by atoms with E-state index in [1.165, 1.54) is 5.56 Å². The standard InChI is InChI=1S/C22H29N5O2S/c1-24-22(27-18-23)26-12-15-30-17-20-21(10-7-11-25-20)29-14-6-5-13-28-16-19-8-3-2-4-9-19/h2-4,7-11H,5-6,12-17H2,1H3,(H2,24,26,27). The van der Waals surface area contributed by atoms with Crippen LogP contribution < -0.4 is 15.4 Å². The number of aromatic nitrogens is 1. The van der Waals surface area contributed by atoms with E-state index in [0.717, 1.165) is 42.4 Å². The highest BCUT2D eigenvalue weighted by Gasteiger charge is 2.05. The van der Waals surface area contributed by atoms with Crippen molar-refractivity contribution >= 4 is 17.7 Å².